The van der Waals surface area contributed by atoms with Crippen LogP contribution in [0.2, 0.25) is 5.02 Å². The molecule has 1 aromatic carbocycles. The zero-order valence-corrected chi connectivity index (χ0v) is 9.57. The molecule has 0 atom stereocenters. The first-order valence-corrected chi connectivity index (χ1v) is 6.91. The highest BCUT2D eigenvalue weighted by Gasteiger charge is 2.10. The maximum atomic E-state index is 11.1. The second-order valence-electron chi connectivity index (χ2n) is 2.64. The van der Waals surface area contributed by atoms with Crippen molar-refractivity contribution in [1.29, 1.82) is 0 Å². The molecule has 0 radical (unpaired) electrons. The lowest BCUT2D eigenvalue weighted by Gasteiger charge is -2.00. The molecule has 0 bridgehead atoms. The number of halogens is 1. The lowest BCUT2D eigenvalue weighted by atomic mass is 10.4. The second kappa shape index (κ2) is 3.88. The minimum absolute atomic E-state index is 0.00287. The van der Waals surface area contributed by atoms with Crippen molar-refractivity contribution in [3.05, 3.63) is 23.2 Å². The number of rotatable bonds is 2. The van der Waals surface area contributed by atoms with Gasteiger partial charge in [0.25, 0.3) is 0 Å². The molecule has 4 nitrogen and oxygen atoms in total. The Morgan fingerprint density at radius 3 is 2.21 bits per heavy atom. The van der Waals surface area contributed by atoms with Gasteiger partial charge in [-0.2, -0.15) is 0 Å². The van der Waals surface area contributed by atoms with Crippen molar-refractivity contribution >= 4 is 32.1 Å². The molecule has 1 aromatic rings. The molecule has 0 aliphatic heterocycles. The summed E-state index contributed by atoms with van der Waals surface area (Å²) in [5.41, 5.74) is 0. The highest BCUT2D eigenvalue weighted by Crippen LogP contribution is 2.21. The van der Waals surface area contributed by atoms with E-state index in [1.54, 1.807) is 0 Å². The summed E-state index contributed by atoms with van der Waals surface area (Å²) in [6, 6.07) is 3.50. The molecule has 1 rings (SSSR count). The van der Waals surface area contributed by atoms with Gasteiger partial charge in [0, 0.05) is 6.26 Å². The Balaban J connectivity index is 3.41. The van der Waals surface area contributed by atoms with Gasteiger partial charge in [0.15, 0.2) is 20.5 Å². The highest BCUT2D eigenvalue weighted by molar-refractivity contribution is 7.90. The van der Waals surface area contributed by atoms with E-state index >= 15 is 0 Å². The lowest BCUT2D eigenvalue weighted by molar-refractivity contribution is 0.601. The van der Waals surface area contributed by atoms with Crippen molar-refractivity contribution in [3.8, 4) is 0 Å². The van der Waals surface area contributed by atoms with E-state index in [2.05, 4.69) is 0 Å². The second-order valence-corrected chi connectivity index (χ2v) is 6.06. The van der Waals surface area contributed by atoms with Crippen LogP contribution in [0.3, 0.4) is 0 Å². The van der Waals surface area contributed by atoms with Gasteiger partial charge in [0.2, 0.25) is 0 Å². The standard InChI is InChI=1S/C7H7ClO4S2/c1-14(11,12)5-2-3-7(13(9)10)6(8)4-5/h2-4,13H,1H3. The Morgan fingerprint density at radius 2 is 1.86 bits per heavy atom. The van der Waals surface area contributed by atoms with E-state index in [1.165, 1.54) is 12.1 Å². The molecule has 0 aromatic heterocycles. The SMILES string of the molecule is CS(=O)(=O)c1ccc([SH](=O)=O)c(Cl)c1. The molecule has 14 heavy (non-hydrogen) atoms. The topological polar surface area (TPSA) is 68.3 Å². The molecule has 0 saturated carbocycles. The molecule has 0 saturated heterocycles. The fraction of sp³-hybridized carbons (Fsp3) is 0.143. The normalized spacial score (nSPS) is 11.9. The third-order valence-corrected chi connectivity index (χ3v) is 3.88. The molecule has 0 amide bonds. The van der Waals surface area contributed by atoms with Crippen LogP contribution in [-0.2, 0) is 20.5 Å². The summed E-state index contributed by atoms with van der Waals surface area (Å²) in [5.74, 6) is 0. The van der Waals surface area contributed by atoms with Crippen LogP contribution in [0.15, 0.2) is 28.0 Å². The van der Waals surface area contributed by atoms with Gasteiger partial charge in [-0.15, -0.1) is 0 Å². The molecular formula is C7H7ClO4S2. The first kappa shape index (κ1) is 11.5. The van der Waals surface area contributed by atoms with Gasteiger partial charge in [-0.05, 0) is 18.2 Å². The molecular weight excluding hydrogens is 248 g/mol. The van der Waals surface area contributed by atoms with Crippen molar-refractivity contribution in [3.63, 3.8) is 0 Å². The van der Waals surface area contributed by atoms with Gasteiger partial charge in [-0.3, -0.25) is 0 Å². The zero-order chi connectivity index (χ0) is 10.9. The monoisotopic (exact) mass is 254 g/mol. The van der Waals surface area contributed by atoms with Crippen molar-refractivity contribution in [2.75, 3.05) is 6.26 Å². The fourth-order valence-electron chi connectivity index (χ4n) is 0.866. The number of benzene rings is 1. The third kappa shape index (κ3) is 2.46. The summed E-state index contributed by atoms with van der Waals surface area (Å²) in [7, 11) is -6.14. The summed E-state index contributed by atoms with van der Waals surface area (Å²) in [5, 5.41) is -0.0796. The Hall–Kier alpha value is -0.590. The third-order valence-electron chi connectivity index (χ3n) is 1.54. The number of hydrogen-bond acceptors (Lipinski definition) is 4. The lowest BCUT2D eigenvalue weighted by Crippen LogP contribution is -1.97. The molecule has 0 aliphatic rings. The van der Waals surface area contributed by atoms with Gasteiger partial charge in [-0.25, -0.2) is 16.8 Å². The predicted octanol–water partition coefficient (Wildman–Crippen LogP) is 0.714. The Kier molecular flexibility index (Phi) is 3.18. The van der Waals surface area contributed by atoms with Crippen LogP contribution < -0.4 is 0 Å². The quantitative estimate of drug-likeness (QED) is 0.790. The van der Waals surface area contributed by atoms with E-state index in [-0.39, 0.29) is 14.8 Å². The minimum Gasteiger partial charge on any atom is -0.227 e. The summed E-state index contributed by atoms with van der Waals surface area (Å²) in [6.07, 6.45) is 1.02. The van der Waals surface area contributed by atoms with Crippen LogP contribution in [0.4, 0.5) is 0 Å². The summed E-state index contributed by atoms with van der Waals surface area (Å²) >= 11 is 5.58. The van der Waals surface area contributed by atoms with Crippen molar-refractivity contribution in [2.24, 2.45) is 0 Å². The smallest absolute Gasteiger partial charge is 0.175 e. The predicted molar refractivity (Wildman–Crippen MR) is 53.1 cm³/mol. The van der Waals surface area contributed by atoms with E-state index in [9.17, 15) is 16.8 Å². The molecule has 0 fully saturated rings. The van der Waals surface area contributed by atoms with E-state index in [1.807, 2.05) is 0 Å². The average Bonchev–Trinajstić information content (AvgIpc) is 2.01. The van der Waals surface area contributed by atoms with E-state index in [0.29, 0.717) is 0 Å². The largest absolute Gasteiger partial charge is 0.227 e. The molecule has 0 unspecified atom stereocenters. The van der Waals surface area contributed by atoms with Crippen LogP contribution in [0, 0.1) is 0 Å². The number of thiol groups is 1. The van der Waals surface area contributed by atoms with Gasteiger partial charge >= 0.3 is 0 Å². The average molecular weight is 255 g/mol. The van der Waals surface area contributed by atoms with Crippen molar-refractivity contribution in [1.82, 2.24) is 0 Å². The highest BCUT2D eigenvalue weighted by atomic mass is 35.5. The molecule has 78 valence electrons. The number of hydrogen-bond donors (Lipinski definition) is 1. The first-order chi connectivity index (χ1) is 6.32. The maximum Gasteiger partial charge on any atom is 0.175 e. The van der Waals surface area contributed by atoms with Crippen LogP contribution in [0.5, 0.6) is 0 Å². The molecule has 0 spiro atoms. The maximum absolute atomic E-state index is 11.1. The van der Waals surface area contributed by atoms with Gasteiger partial charge in [-0.1, -0.05) is 11.6 Å². The fourth-order valence-corrected chi connectivity index (χ4v) is 2.40. The van der Waals surface area contributed by atoms with Gasteiger partial charge < -0.3 is 0 Å². The Bertz CT molecular complexity index is 523. The molecule has 0 heterocycles. The Labute approximate surface area is 88.4 Å². The minimum atomic E-state index is -3.35. The first-order valence-electron chi connectivity index (χ1n) is 3.46. The van der Waals surface area contributed by atoms with E-state index in [0.717, 1.165) is 12.3 Å². The molecule has 0 aliphatic carbocycles. The van der Waals surface area contributed by atoms with Crippen LogP contribution in [-0.4, -0.2) is 23.1 Å². The van der Waals surface area contributed by atoms with Gasteiger partial charge in [0.05, 0.1) is 14.8 Å². The zero-order valence-electron chi connectivity index (χ0n) is 7.10. The van der Waals surface area contributed by atoms with E-state index < -0.39 is 20.5 Å². The van der Waals surface area contributed by atoms with Crippen LogP contribution in [0.1, 0.15) is 0 Å². The van der Waals surface area contributed by atoms with Gasteiger partial charge in [0.1, 0.15) is 0 Å². The van der Waals surface area contributed by atoms with E-state index in [4.69, 9.17) is 11.6 Å². The Morgan fingerprint density at radius 1 is 1.29 bits per heavy atom. The molecule has 0 N–H and O–H groups in total. The summed E-state index contributed by atoms with van der Waals surface area (Å²) in [6.45, 7) is 0. The molecule has 7 heteroatoms. The summed E-state index contributed by atoms with van der Waals surface area (Å²) < 4.78 is 43.3. The van der Waals surface area contributed by atoms with Crippen LogP contribution >= 0.6 is 11.6 Å². The summed E-state index contributed by atoms with van der Waals surface area (Å²) in [4.78, 5) is -0.0721. The number of sulfone groups is 1. The van der Waals surface area contributed by atoms with Crippen LogP contribution in [0.25, 0.3) is 0 Å². The van der Waals surface area contributed by atoms with Crippen molar-refractivity contribution < 1.29 is 16.8 Å². The van der Waals surface area contributed by atoms with Crippen molar-refractivity contribution in [2.45, 2.75) is 9.79 Å².